The molecule has 0 aromatic heterocycles. The van der Waals surface area contributed by atoms with Gasteiger partial charge in [0.25, 0.3) is 5.91 Å². The number of carbonyl (C=O) groups excluding carboxylic acids is 1. The molecule has 0 aliphatic rings. The second kappa shape index (κ2) is 10.2. The van der Waals surface area contributed by atoms with Crippen molar-refractivity contribution in [1.29, 1.82) is 0 Å². The fourth-order valence-corrected chi connectivity index (χ4v) is 3.26. The highest BCUT2D eigenvalue weighted by atomic mass is 35.5. The Hall–Kier alpha value is -2.89. The standard InChI is InChI=1S/C23H22Cl2N2O3/c1-15-4-3-5-19(10-15)27-22(28)14-30-23-20(25)11-16(12-21(23)29-2)13-26-18-8-6-17(24)7-9-18/h3-12,26H,13-14H2,1-2H3,(H,27,28). The van der Waals surface area contributed by atoms with Crippen molar-refractivity contribution >= 4 is 40.5 Å². The van der Waals surface area contributed by atoms with Crippen LogP contribution in [0, 0.1) is 6.92 Å². The minimum Gasteiger partial charge on any atom is -0.493 e. The number of amides is 1. The number of anilines is 2. The lowest BCUT2D eigenvalue weighted by Crippen LogP contribution is -2.20. The first-order valence-electron chi connectivity index (χ1n) is 9.30. The maximum absolute atomic E-state index is 12.2. The zero-order valence-electron chi connectivity index (χ0n) is 16.7. The van der Waals surface area contributed by atoms with E-state index in [1.54, 1.807) is 6.07 Å². The van der Waals surface area contributed by atoms with E-state index in [0.717, 1.165) is 16.8 Å². The predicted octanol–water partition coefficient (Wildman–Crippen LogP) is 5.94. The van der Waals surface area contributed by atoms with Crippen molar-refractivity contribution in [3.05, 3.63) is 81.8 Å². The summed E-state index contributed by atoms with van der Waals surface area (Å²) in [6, 6.07) is 18.6. The third-order valence-electron chi connectivity index (χ3n) is 4.28. The van der Waals surface area contributed by atoms with Gasteiger partial charge in [0.1, 0.15) is 0 Å². The number of hydrogen-bond acceptors (Lipinski definition) is 4. The molecule has 0 fully saturated rings. The summed E-state index contributed by atoms with van der Waals surface area (Å²) in [6.07, 6.45) is 0. The van der Waals surface area contributed by atoms with Gasteiger partial charge in [0, 0.05) is 22.9 Å². The SMILES string of the molecule is COc1cc(CNc2ccc(Cl)cc2)cc(Cl)c1OCC(=O)Nc1cccc(C)c1. The summed E-state index contributed by atoms with van der Waals surface area (Å²) in [7, 11) is 1.53. The molecule has 0 heterocycles. The van der Waals surface area contributed by atoms with Crippen LogP contribution >= 0.6 is 23.2 Å². The smallest absolute Gasteiger partial charge is 0.262 e. The van der Waals surface area contributed by atoms with Crippen LogP contribution in [0.2, 0.25) is 10.0 Å². The van der Waals surface area contributed by atoms with Crippen molar-refractivity contribution < 1.29 is 14.3 Å². The minimum atomic E-state index is -0.285. The van der Waals surface area contributed by atoms with Crippen molar-refractivity contribution in [3.63, 3.8) is 0 Å². The first kappa shape index (κ1) is 21.8. The molecule has 0 spiro atoms. The summed E-state index contributed by atoms with van der Waals surface area (Å²) in [5.41, 5.74) is 3.61. The molecule has 0 saturated carbocycles. The Morgan fingerprint density at radius 3 is 2.47 bits per heavy atom. The monoisotopic (exact) mass is 444 g/mol. The fraction of sp³-hybridized carbons (Fsp3) is 0.174. The van der Waals surface area contributed by atoms with E-state index in [9.17, 15) is 4.79 Å². The fourth-order valence-electron chi connectivity index (χ4n) is 2.84. The average Bonchev–Trinajstić information content (AvgIpc) is 2.72. The van der Waals surface area contributed by atoms with Gasteiger partial charge in [0.05, 0.1) is 12.1 Å². The lowest BCUT2D eigenvalue weighted by Gasteiger charge is -2.15. The van der Waals surface area contributed by atoms with Crippen LogP contribution < -0.4 is 20.1 Å². The molecule has 30 heavy (non-hydrogen) atoms. The lowest BCUT2D eigenvalue weighted by molar-refractivity contribution is -0.118. The molecule has 1 amide bonds. The molecule has 2 N–H and O–H groups in total. The van der Waals surface area contributed by atoms with Crippen LogP contribution in [0.5, 0.6) is 11.5 Å². The first-order chi connectivity index (χ1) is 14.4. The summed E-state index contributed by atoms with van der Waals surface area (Å²) in [5, 5.41) is 7.13. The van der Waals surface area contributed by atoms with Crippen LogP contribution in [0.15, 0.2) is 60.7 Å². The molecule has 3 aromatic rings. The third-order valence-corrected chi connectivity index (χ3v) is 4.81. The van der Waals surface area contributed by atoms with Gasteiger partial charge in [-0.1, -0.05) is 35.3 Å². The molecule has 7 heteroatoms. The number of ether oxygens (including phenoxy) is 2. The van der Waals surface area contributed by atoms with E-state index in [-0.39, 0.29) is 12.5 Å². The van der Waals surface area contributed by atoms with Crippen molar-refractivity contribution in [2.75, 3.05) is 24.4 Å². The molecule has 0 aliphatic heterocycles. The Labute approximate surface area is 185 Å². The van der Waals surface area contributed by atoms with Gasteiger partial charge in [-0.15, -0.1) is 0 Å². The Morgan fingerprint density at radius 1 is 1.00 bits per heavy atom. The molecule has 0 radical (unpaired) electrons. The topological polar surface area (TPSA) is 59.6 Å². The number of hydrogen-bond donors (Lipinski definition) is 2. The molecule has 156 valence electrons. The average molecular weight is 445 g/mol. The van der Waals surface area contributed by atoms with Crippen LogP contribution in [-0.4, -0.2) is 19.6 Å². The van der Waals surface area contributed by atoms with E-state index in [1.165, 1.54) is 7.11 Å². The maximum Gasteiger partial charge on any atom is 0.262 e. The van der Waals surface area contributed by atoms with Gasteiger partial charge in [-0.05, 0) is 66.6 Å². The number of aryl methyl sites for hydroxylation is 1. The zero-order valence-corrected chi connectivity index (χ0v) is 18.2. The molecule has 0 unspecified atom stereocenters. The van der Waals surface area contributed by atoms with E-state index in [4.69, 9.17) is 32.7 Å². The first-order valence-corrected chi connectivity index (χ1v) is 10.1. The minimum absolute atomic E-state index is 0.188. The highest BCUT2D eigenvalue weighted by molar-refractivity contribution is 6.32. The highest BCUT2D eigenvalue weighted by Crippen LogP contribution is 2.36. The molecule has 3 aromatic carbocycles. The predicted molar refractivity (Wildman–Crippen MR) is 122 cm³/mol. The van der Waals surface area contributed by atoms with Gasteiger partial charge in [0.15, 0.2) is 18.1 Å². The highest BCUT2D eigenvalue weighted by Gasteiger charge is 2.14. The van der Waals surface area contributed by atoms with Crippen LogP contribution in [0.25, 0.3) is 0 Å². The van der Waals surface area contributed by atoms with E-state index in [0.29, 0.717) is 33.8 Å². The Kier molecular flexibility index (Phi) is 7.44. The Balaban J connectivity index is 1.63. The number of carbonyl (C=O) groups is 1. The van der Waals surface area contributed by atoms with Crippen molar-refractivity contribution in [2.24, 2.45) is 0 Å². The normalized spacial score (nSPS) is 10.4. The summed E-state index contributed by atoms with van der Waals surface area (Å²) in [6.45, 7) is 2.30. The summed E-state index contributed by atoms with van der Waals surface area (Å²) in [4.78, 5) is 12.2. The lowest BCUT2D eigenvalue weighted by atomic mass is 10.2. The summed E-state index contributed by atoms with van der Waals surface area (Å²) >= 11 is 12.3. The number of methoxy groups -OCH3 is 1. The molecule has 0 aliphatic carbocycles. The quantitative estimate of drug-likeness (QED) is 0.451. The largest absolute Gasteiger partial charge is 0.493 e. The van der Waals surface area contributed by atoms with E-state index < -0.39 is 0 Å². The summed E-state index contributed by atoms with van der Waals surface area (Å²) < 4.78 is 11.1. The molecule has 0 bridgehead atoms. The number of nitrogens with one attached hydrogen (secondary N) is 2. The van der Waals surface area contributed by atoms with Crippen LogP contribution in [0.1, 0.15) is 11.1 Å². The van der Waals surface area contributed by atoms with Gasteiger partial charge in [-0.2, -0.15) is 0 Å². The molecule has 5 nitrogen and oxygen atoms in total. The van der Waals surface area contributed by atoms with Crippen molar-refractivity contribution in [3.8, 4) is 11.5 Å². The maximum atomic E-state index is 12.2. The van der Waals surface area contributed by atoms with Crippen LogP contribution in [0.3, 0.4) is 0 Å². The van der Waals surface area contributed by atoms with Gasteiger partial charge in [0.2, 0.25) is 0 Å². The second-order valence-electron chi connectivity index (χ2n) is 6.68. The molecule has 0 saturated heterocycles. The van der Waals surface area contributed by atoms with E-state index >= 15 is 0 Å². The van der Waals surface area contributed by atoms with E-state index in [2.05, 4.69) is 10.6 Å². The number of benzene rings is 3. The van der Waals surface area contributed by atoms with Gasteiger partial charge >= 0.3 is 0 Å². The third kappa shape index (κ3) is 6.05. The Bertz CT molecular complexity index is 1020. The molecule has 0 atom stereocenters. The van der Waals surface area contributed by atoms with Gasteiger partial charge in [-0.25, -0.2) is 0 Å². The zero-order chi connectivity index (χ0) is 21.5. The molecular formula is C23H22Cl2N2O3. The van der Waals surface area contributed by atoms with Crippen molar-refractivity contribution in [2.45, 2.75) is 13.5 Å². The molecular weight excluding hydrogens is 423 g/mol. The second-order valence-corrected chi connectivity index (χ2v) is 7.52. The van der Waals surface area contributed by atoms with Gasteiger partial charge < -0.3 is 20.1 Å². The Morgan fingerprint density at radius 2 is 1.77 bits per heavy atom. The van der Waals surface area contributed by atoms with Crippen LogP contribution in [-0.2, 0) is 11.3 Å². The number of rotatable bonds is 8. The number of halogens is 2. The van der Waals surface area contributed by atoms with Crippen LogP contribution in [0.4, 0.5) is 11.4 Å². The van der Waals surface area contributed by atoms with Crippen molar-refractivity contribution in [1.82, 2.24) is 0 Å². The molecule has 3 rings (SSSR count). The summed E-state index contributed by atoms with van der Waals surface area (Å²) in [5.74, 6) is 0.500. The van der Waals surface area contributed by atoms with E-state index in [1.807, 2.05) is 61.5 Å². The van der Waals surface area contributed by atoms with Gasteiger partial charge in [-0.3, -0.25) is 4.79 Å².